The van der Waals surface area contributed by atoms with E-state index < -0.39 is 0 Å². The van der Waals surface area contributed by atoms with Gasteiger partial charge in [0.15, 0.2) is 0 Å². The van der Waals surface area contributed by atoms with Crippen molar-refractivity contribution in [3.8, 4) is 0 Å². The van der Waals surface area contributed by atoms with Crippen molar-refractivity contribution in [3.05, 3.63) is 15.6 Å². The van der Waals surface area contributed by atoms with E-state index in [4.69, 9.17) is 4.98 Å². The molecule has 0 fully saturated rings. The number of hydrogen-bond acceptors (Lipinski definition) is 2. The Kier molecular flexibility index (Phi) is 2.68. The van der Waals surface area contributed by atoms with Gasteiger partial charge in [-0.25, -0.2) is 4.98 Å². The van der Waals surface area contributed by atoms with E-state index in [-0.39, 0.29) is 0 Å². The fraction of sp³-hybridized carbons (Fsp3) is 0.727. The van der Waals surface area contributed by atoms with Crippen molar-refractivity contribution in [1.82, 2.24) is 4.98 Å². The molecule has 0 aliphatic heterocycles. The predicted molar refractivity (Wildman–Crippen MR) is 57.5 cm³/mol. The maximum atomic E-state index is 4.74. The Morgan fingerprint density at radius 3 is 3.08 bits per heavy atom. The second kappa shape index (κ2) is 3.79. The minimum absolute atomic E-state index is 0.714. The second-order valence-corrected chi connectivity index (χ2v) is 5.13. The Hall–Kier alpha value is -0.370. The molecule has 1 heterocycles. The molecule has 1 aromatic heterocycles. The van der Waals surface area contributed by atoms with Crippen LogP contribution in [0.2, 0.25) is 0 Å². The third-order valence-corrected chi connectivity index (χ3v) is 3.93. The molecule has 72 valence electrons. The van der Waals surface area contributed by atoms with Crippen LogP contribution in [0, 0.1) is 0 Å². The first-order valence-electron chi connectivity index (χ1n) is 5.29. The lowest BCUT2D eigenvalue weighted by Gasteiger charge is -2.15. The zero-order valence-electron chi connectivity index (χ0n) is 8.47. The number of fused-ring (bicyclic) bond motifs is 1. The Balaban J connectivity index is 2.25. The fourth-order valence-corrected chi connectivity index (χ4v) is 3.34. The first kappa shape index (κ1) is 9.20. The molecule has 13 heavy (non-hydrogen) atoms. The van der Waals surface area contributed by atoms with Gasteiger partial charge in [-0.2, -0.15) is 0 Å². The first-order valence-corrected chi connectivity index (χ1v) is 6.11. The SMILES string of the molecule is CCCc1nc2c(s1)CCCC2C. The first-order chi connectivity index (χ1) is 6.31. The van der Waals surface area contributed by atoms with Crippen LogP contribution in [0.25, 0.3) is 0 Å². The smallest absolute Gasteiger partial charge is 0.0931 e. The highest BCUT2D eigenvalue weighted by Gasteiger charge is 2.20. The van der Waals surface area contributed by atoms with E-state index >= 15 is 0 Å². The summed E-state index contributed by atoms with van der Waals surface area (Å²) in [5.74, 6) is 0.714. The summed E-state index contributed by atoms with van der Waals surface area (Å²) in [6.45, 7) is 4.54. The molecule has 0 saturated carbocycles. The molecule has 0 bridgehead atoms. The molecule has 1 unspecified atom stereocenters. The molecule has 2 rings (SSSR count). The molecule has 1 aromatic rings. The van der Waals surface area contributed by atoms with Crippen LogP contribution in [-0.4, -0.2) is 4.98 Å². The maximum absolute atomic E-state index is 4.74. The third-order valence-electron chi connectivity index (χ3n) is 2.74. The third kappa shape index (κ3) is 1.78. The van der Waals surface area contributed by atoms with E-state index in [1.807, 2.05) is 11.3 Å². The van der Waals surface area contributed by atoms with Crippen LogP contribution in [0.5, 0.6) is 0 Å². The minimum atomic E-state index is 0.714. The zero-order valence-corrected chi connectivity index (χ0v) is 9.28. The number of aryl methyl sites for hydroxylation is 2. The quantitative estimate of drug-likeness (QED) is 0.703. The van der Waals surface area contributed by atoms with Gasteiger partial charge in [-0.1, -0.05) is 13.8 Å². The lowest BCUT2D eigenvalue weighted by Crippen LogP contribution is -2.04. The van der Waals surface area contributed by atoms with Crippen LogP contribution in [0.4, 0.5) is 0 Å². The van der Waals surface area contributed by atoms with Crippen molar-refractivity contribution in [2.24, 2.45) is 0 Å². The normalized spacial score (nSPS) is 21.5. The number of hydrogen-bond donors (Lipinski definition) is 0. The van der Waals surface area contributed by atoms with Crippen molar-refractivity contribution in [2.75, 3.05) is 0 Å². The van der Waals surface area contributed by atoms with Gasteiger partial charge < -0.3 is 0 Å². The molecule has 0 radical (unpaired) electrons. The molecule has 0 spiro atoms. The summed E-state index contributed by atoms with van der Waals surface area (Å²) in [7, 11) is 0. The molecule has 0 saturated heterocycles. The highest BCUT2D eigenvalue weighted by molar-refractivity contribution is 7.11. The molecule has 0 N–H and O–H groups in total. The van der Waals surface area contributed by atoms with Crippen molar-refractivity contribution in [1.29, 1.82) is 0 Å². The topological polar surface area (TPSA) is 12.9 Å². The zero-order chi connectivity index (χ0) is 9.26. The number of rotatable bonds is 2. The molecular formula is C11H17NS. The van der Waals surface area contributed by atoms with Gasteiger partial charge in [0.1, 0.15) is 0 Å². The lowest BCUT2D eigenvalue weighted by atomic mass is 9.93. The second-order valence-electron chi connectivity index (χ2n) is 3.96. The highest BCUT2D eigenvalue weighted by atomic mass is 32.1. The molecule has 0 aromatic carbocycles. The lowest BCUT2D eigenvalue weighted by molar-refractivity contribution is 0.582. The van der Waals surface area contributed by atoms with E-state index in [2.05, 4.69) is 13.8 Å². The van der Waals surface area contributed by atoms with Gasteiger partial charge in [-0.3, -0.25) is 0 Å². The van der Waals surface area contributed by atoms with Crippen LogP contribution in [0.15, 0.2) is 0 Å². The summed E-state index contributed by atoms with van der Waals surface area (Å²) < 4.78 is 0. The van der Waals surface area contributed by atoms with Crippen molar-refractivity contribution in [3.63, 3.8) is 0 Å². The van der Waals surface area contributed by atoms with Gasteiger partial charge in [0.2, 0.25) is 0 Å². The van der Waals surface area contributed by atoms with Crippen LogP contribution in [0.1, 0.15) is 54.6 Å². The molecule has 1 nitrogen and oxygen atoms in total. The largest absolute Gasteiger partial charge is 0.246 e. The van der Waals surface area contributed by atoms with Crippen LogP contribution in [-0.2, 0) is 12.8 Å². The average molecular weight is 195 g/mol. The molecule has 1 aliphatic carbocycles. The molecule has 2 heteroatoms. The van der Waals surface area contributed by atoms with Gasteiger partial charge in [0.25, 0.3) is 0 Å². The Morgan fingerprint density at radius 2 is 2.38 bits per heavy atom. The van der Waals surface area contributed by atoms with E-state index in [0.29, 0.717) is 5.92 Å². The van der Waals surface area contributed by atoms with Crippen LogP contribution in [0.3, 0.4) is 0 Å². The predicted octanol–water partition coefficient (Wildman–Crippen LogP) is 3.54. The highest BCUT2D eigenvalue weighted by Crippen LogP contribution is 2.34. The summed E-state index contributed by atoms with van der Waals surface area (Å²) in [4.78, 5) is 6.31. The summed E-state index contributed by atoms with van der Waals surface area (Å²) in [6, 6.07) is 0. The number of thiazole rings is 1. The van der Waals surface area contributed by atoms with Gasteiger partial charge in [-0.15, -0.1) is 11.3 Å². The molecule has 1 aliphatic rings. The van der Waals surface area contributed by atoms with Crippen molar-refractivity contribution in [2.45, 2.75) is 51.9 Å². The molecular weight excluding hydrogens is 178 g/mol. The summed E-state index contributed by atoms with van der Waals surface area (Å²) >= 11 is 1.95. The van der Waals surface area contributed by atoms with Gasteiger partial charge in [0, 0.05) is 4.88 Å². The molecule has 0 amide bonds. The van der Waals surface area contributed by atoms with E-state index in [1.165, 1.54) is 42.8 Å². The van der Waals surface area contributed by atoms with Crippen molar-refractivity contribution >= 4 is 11.3 Å². The van der Waals surface area contributed by atoms with E-state index in [9.17, 15) is 0 Å². The fourth-order valence-electron chi connectivity index (χ4n) is 2.00. The number of nitrogens with zero attached hydrogens (tertiary/aromatic N) is 1. The van der Waals surface area contributed by atoms with E-state index in [0.717, 1.165) is 0 Å². The Morgan fingerprint density at radius 1 is 1.54 bits per heavy atom. The molecule has 1 atom stereocenters. The Bertz CT molecular complexity index is 290. The summed E-state index contributed by atoms with van der Waals surface area (Å²) in [5, 5.41) is 1.36. The average Bonchev–Trinajstić information content (AvgIpc) is 2.49. The standard InChI is InChI=1S/C11H17NS/c1-3-5-10-12-11-8(2)6-4-7-9(11)13-10/h8H,3-7H2,1-2H3. The number of aromatic nitrogens is 1. The Labute approximate surface area is 84.2 Å². The summed E-state index contributed by atoms with van der Waals surface area (Å²) in [5.41, 5.74) is 1.42. The van der Waals surface area contributed by atoms with Gasteiger partial charge in [0.05, 0.1) is 10.7 Å². The van der Waals surface area contributed by atoms with E-state index in [1.54, 1.807) is 4.88 Å². The van der Waals surface area contributed by atoms with Crippen molar-refractivity contribution < 1.29 is 0 Å². The van der Waals surface area contributed by atoms with Crippen LogP contribution < -0.4 is 0 Å². The minimum Gasteiger partial charge on any atom is -0.246 e. The van der Waals surface area contributed by atoms with Gasteiger partial charge in [-0.05, 0) is 38.0 Å². The van der Waals surface area contributed by atoms with Crippen LogP contribution >= 0.6 is 11.3 Å². The van der Waals surface area contributed by atoms with Gasteiger partial charge >= 0.3 is 0 Å². The summed E-state index contributed by atoms with van der Waals surface area (Å²) in [6.07, 6.45) is 6.37. The monoisotopic (exact) mass is 195 g/mol. The maximum Gasteiger partial charge on any atom is 0.0931 e.